The van der Waals surface area contributed by atoms with Crippen LogP contribution in [0, 0.1) is 0 Å². The summed E-state index contributed by atoms with van der Waals surface area (Å²) in [6.45, 7) is 3.67. The number of guanidine groups is 1. The number of hydrogen-bond donors (Lipinski definition) is 1. The number of hydrogen-bond acceptors (Lipinski definition) is 2. The molecule has 132 valence electrons. The van der Waals surface area contributed by atoms with Crippen LogP contribution in [0.1, 0.15) is 24.0 Å². The molecule has 0 spiro atoms. The van der Waals surface area contributed by atoms with Crippen LogP contribution in [0.3, 0.4) is 0 Å². The first-order chi connectivity index (χ1) is 12.7. The van der Waals surface area contributed by atoms with Crippen LogP contribution in [0.25, 0.3) is 10.8 Å². The second kappa shape index (κ2) is 6.71. The lowest BCUT2D eigenvalue weighted by molar-refractivity contribution is 0.414. The average molecular weight is 345 g/mol. The lowest BCUT2D eigenvalue weighted by Gasteiger charge is -2.18. The molecule has 0 saturated heterocycles. The normalized spacial score (nSPS) is 16.8. The highest BCUT2D eigenvalue weighted by molar-refractivity contribution is 6.02. The molecule has 2 N–H and O–H groups in total. The van der Waals surface area contributed by atoms with Crippen molar-refractivity contribution in [2.45, 2.75) is 19.4 Å². The molecule has 1 aliphatic heterocycles. The molecule has 0 fully saturated rings. The van der Waals surface area contributed by atoms with Crippen LogP contribution in [0.5, 0.6) is 5.75 Å². The van der Waals surface area contributed by atoms with Gasteiger partial charge < -0.3 is 15.4 Å². The van der Waals surface area contributed by atoms with Crippen molar-refractivity contribution >= 4 is 22.4 Å². The van der Waals surface area contributed by atoms with Gasteiger partial charge in [0.05, 0.1) is 13.7 Å². The summed E-state index contributed by atoms with van der Waals surface area (Å²) >= 11 is 0. The highest BCUT2D eigenvalue weighted by atomic mass is 16.5. The summed E-state index contributed by atoms with van der Waals surface area (Å²) in [6, 6.07) is 20.8. The van der Waals surface area contributed by atoms with E-state index in [0.717, 1.165) is 17.9 Å². The third kappa shape index (κ3) is 2.88. The van der Waals surface area contributed by atoms with Crippen molar-refractivity contribution in [1.82, 2.24) is 0 Å². The van der Waals surface area contributed by atoms with Gasteiger partial charge in [-0.1, -0.05) is 49.4 Å². The quantitative estimate of drug-likeness (QED) is 0.569. The molecule has 1 atom stereocenters. The van der Waals surface area contributed by atoms with E-state index in [2.05, 4.69) is 53.2 Å². The third-order valence-electron chi connectivity index (χ3n) is 5.05. The van der Waals surface area contributed by atoms with Crippen LogP contribution in [-0.4, -0.2) is 19.6 Å². The minimum atomic E-state index is 0.422. The molecule has 1 unspecified atom stereocenters. The molecule has 26 heavy (non-hydrogen) atoms. The summed E-state index contributed by atoms with van der Waals surface area (Å²) < 4.78 is 5.19. The fraction of sp³-hybridized carbons (Fsp3) is 0.227. The second-order valence-electron chi connectivity index (χ2n) is 6.75. The van der Waals surface area contributed by atoms with Gasteiger partial charge in [0.25, 0.3) is 0 Å². The molecule has 1 heterocycles. The zero-order chi connectivity index (χ0) is 18.1. The Labute approximate surface area is 153 Å². The zero-order valence-corrected chi connectivity index (χ0v) is 15.1. The van der Waals surface area contributed by atoms with Crippen LogP contribution in [0.4, 0.5) is 5.69 Å². The lowest BCUT2D eigenvalue weighted by atomic mass is 9.96. The van der Waals surface area contributed by atoms with E-state index >= 15 is 0 Å². The first-order valence-corrected chi connectivity index (χ1v) is 8.89. The lowest BCUT2D eigenvalue weighted by Crippen LogP contribution is -2.36. The molecule has 0 aromatic heterocycles. The molecule has 3 aromatic rings. The number of ether oxygens (including phenoxy) is 1. The molecular formula is C22H23N3O. The van der Waals surface area contributed by atoms with Crippen LogP contribution in [0.15, 0.2) is 65.7 Å². The van der Waals surface area contributed by atoms with E-state index in [1.807, 2.05) is 24.3 Å². The molecule has 4 heteroatoms. The maximum Gasteiger partial charge on any atom is 0.196 e. The number of nitrogens with two attached hydrogens (primary N) is 1. The van der Waals surface area contributed by atoms with E-state index in [4.69, 9.17) is 10.5 Å². The minimum Gasteiger partial charge on any atom is -0.497 e. The van der Waals surface area contributed by atoms with Gasteiger partial charge in [-0.3, -0.25) is 0 Å². The Bertz CT molecular complexity index is 963. The van der Waals surface area contributed by atoms with Gasteiger partial charge in [0.15, 0.2) is 5.96 Å². The minimum absolute atomic E-state index is 0.422. The van der Waals surface area contributed by atoms with Crippen molar-refractivity contribution in [3.63, 3.8) is 0 Å². The summed E-state index contributed by atoms with van der Waals surface area (Å²) in [6.07, 6.45) is 0. The monoisotopic (exact) mass is 345 g/mol. The average Bonchev–Trinajstić information content (AvgIpc) is 3.03. The van der Waals surface area contributed by atoms with E-state index in [1.54, 1.807) is 7.11 Å². The molecule has 1 aliphatic rings. The summed E-state index contributed by atoms with van der Waals surface area (Å²) in [5.41, 5.74) is 10.0. The van der Waals surface area contributed by atoms with Crippen LogP contribution in [-0.2, 0) is 6.54 Å². The summed E-state index contributed by atoms with van der Waals surface area (Å²) in [7, 11) is 1.67. The molecule has 3 aromatic carbocycles. The standard InChI is InChI=1S/C22H23N3O/c1-15-14-25(20-12-9-17-5-3-4-6-19(17)21(15)20)22(23)24-13-16-7-10-18(26-2)11-8-16/h3-12,15H,13-14H2,1-2H3,(H2,23,24). The number of benzene rings is 3. The van der Waals surface area contributed by atoms with Crippen molar-refractivity contribution in [2.24, 2.45) is 10.7 Å². The largest absolute Gasteiger partial charge is 0.497 e. The number of anilines is 1. The van der Waals surface area contributed by atoms with Crippen LogP contribution >= 0.6 is 0 Å². The maximum atomic E-state index is 6.36. The SMILES string of the molecule is COc1ccc(CN=C(N)N2CC(C)c3c2ccc2ccccc32)cc1. The number of nitrogens with zero attached hydrogens (tertiary/aromatic N) is 2. The van der Waals surface area contributed by atoms with Crippen LogP contribution < -0.4 is 15.4 Å². The molecule has 0 amide bonds. The first-order valence-electron chi connectivity index (χ1n) is 8.89. The number of fused-ring (bicyclic) bond motifs is 3. The first kappa shape index (κ1) is 16.5. The van der Waals surface area contributed by atoms with Crippen molar-refractivity contribution in [2.75, 3.05) is 18.6 Å². The highest BCUT2D eigenvalue weighted by Gasteiger charge is 2.29. The van der Waals surface area contributed by atoms with E-state index in [1.165, 1.54) is 22.0 Å². The Morgan fingerprint density at radius 3 is 2.65 bits per heavy atom. The van der Waals surface area contributed by atoms with Gasteiger partial charge in [-0.05, 0) is 40.1 Å². The number of aliphatic imine (C=N–C) groups is 1. The topological polar surface area (TPSA) is 50.9 Å². The molecular weight excluding hydrogens is 322 g/mol. The molecule has 4 rings (SSSR count). The molecule has 0 radical (unpaired) electrons. The Morgan fingerprint density at radius 2 is 1.88 bits per heavy atom. The predicted octanol–water partition coefficient (Wildman–Crippen LogP) is 4.29. The second-order valence-corrected chi connectivity index (χ2v) is 6.75. The van der Waals surface area contributed by atoms with Gasteiger partial charge in [-0.25, -0.2) is 4.99 Å². The van der Waals surface area contributed by atoms with Gasteiger partial charge in [0.1, 0.15) is 5.75 Å². The Kier molecular flexibility index (Phi) is 4.25. The van der Waals surface area contributed by atoms with Crippen molar-refractivity contribution < 1.29 is 4.74 Å². The van der Waals surface area contributed by atoms with Gasteiger partial charge in [0, 0.05) is 18.2 Å². The molecule has 4 nitrogen and oxygen atoms in total. The van der Waals surface area contributed by atoms with Crippen molar-refractivity contribution in [3.8, 4) is 5.75 Å². The van der Waals surface area contributed by atoms with E-state index in [-0.39, 0.29) is 0 Å². The Morgan fingerprint density at radius 1 is 1.12 bits per heavy atom. The highest BCUT2D eigenvalue weighted by Crippen LogP contribution is 2.40. The van der Waals surface area contributed by atoms with E-state index < -0.39 is 0 Å². The fourth-order valence-electron chi connectivity index (χ4n) is 3.71. The van der Waals surface area contributed by atoms with E-state index in [0.29, 0.717) is 18.4 Å². The van der Waals surface area contributed by atoms with Gasteiger partial charge in [0.2, 0.25) is 0 Å². The summed E-state index contributed by atoms with van der Waals surface area (Å²) in [4.78, 5) is 6.76. The van der Waals surface area contributed by atoms with Gasteiger partial charge >= 0.3 is 0 Å². The van der Waals surface area contributed by atoms with Crippen molar-refractivity contribution in [3.05, 3.63) is 71.8 Å². The van der Waals surface area contributed by atoms with E-state index in [9.17, 15) is 0 Å². The van der Waals surface area contributed by atoms with Crippen molar-refractivity contribution in [1.29, 1.82) is 0 Å². The van der Waals surface area contributed by atoms with Gasteiger partial charge in [-0.15, -0.1) is 0 Å². The zero-order valence-electron chi connectivity index (χ0n) is 15.1. The predicted molar refractivity (Wildman–Crippen MR) is 108 cm³/mol. The third-order valence-corrected chi connectivity index (χ3v) is 5.05. The maximum absolute atomic E-state index is 6.36. The molecule has 0 saturated carbocycles. The van der Waals surface area contributed by atoms with Crippen LogP contribution in [0.2, 0.25) is 0 Å². The van der Waals surface area contributed by atoms with Gasteiger partial charge in [-0.2, -0.15) is 0 Å². The molecule has 0 bridgehead atoms. The Balaban J connectivity index is 1.61. The summed E-state index contributed by atoms with van der Waals surface area (Å²) in [5.74, 6) is 1.84. The smallest absolute Gasteiger partial charge is 0.196 e. The fourth-order valence-corrected chi connectivity index (χ4v) is 3.71. The Hall–Kier alpha value is -3.01. The molecule has 0 aliphatic carbocycles. The number of rotatable bonds is 3. The summed E-state index contributed by atoms with van der Waals surface area (Å²) in [5, 5.41) is 2.58. The number of methoxy groups -OCH3 is 1.